The maximum atomic E-state index is 13.8. The molecule has 0 radical (unpaired) electrons. The number of nitriles is 1. The predicted molar refractivity (Wildman–Crippen MR) is 147 cm³/mol. The Morgan fingerprint density at radius 3 is 2.41 bits per heavy atom. The van der Waals surface area contributed by atoms with E-state index in [1.54, 1.807) is 42.5 Å². The second kappa shape index (κ2) is 11.4. The highest BCUT2D eigenvalue weighted by molar-refractivity contribution is 9.10. The first-order valence-corrected chi connectivity index (χ1v) is 12.8. The average Bonchev–Trinajstić information content (AvgIpc) is 3.31. The molecule has 0 fully saturated rings. The van der Waals surface area contributed by atoms with E-state index in [0.29, 0.717) is 16.3 Å². The summed E-state index contributed by atoms with van der Waals surface area (Å²) in [6.45, 7) is 0. The predicted octanol–water partition coefficient (Wildman–Crippen LogP) is 5.63. The highest BCUT2D eigenvalue weighted by Gasteiger charge is 2.41. The molecule has 3 aromatic rings. The minimum Gasteiger partial charge on any atom is -0.506 e. The number of hydrogen-bond donors (Lipinski definition) is 3. The minimum atomic E-state index is -0.846. The van der Waals surface area contributed by atoms with E-state index in [0.717, 1.165) is 16.2 Å². The van der Waals surface area contributed by atoms with Gasteiger partial charge in [0.05, 0.1) is 36.8 Å². The van der Waals surface area contributed by atoms with Crippen molar-refractivity contribution in [1.29, 1.82) is 5.26 Å². The number of aromatic hydroxyl groups is 1. The number of phenols is 1. The molecule has 4 rings (SSSR count). The van der Waals surface area contributed by atoms with Crippen molar-refractivity contribution >= 4 is 50.9 Å². The fourth-order valence-electron chi connectivity index (χ4n) is 4.05. The van der Waals surface area contributed by atoms with Gasteiger partial charge in [-0.05, 0) is 48.5 Å². The summed E-state index contributed by atoms with van der Waals surface area (Å²) in [5.74, 6) is -1.92. The van der Waals surface area contributed by atoms with Crippen LogP contribution >= 0.6 is 27.7 Å². The lowest BCUT2D eigenvalue weighted by Crippen LogP contribution is -2.31. The molecule has 2 heterocycles. The first-order chi connectivity index (χ1) is 17.8. The molecular formula is C27H23BrN4O4S. The molecule has 10 heteroatoms. The number of carbonyl (C=O) groups is 2. The summed E-state index contributed by atoms with van der Waals surface area (Å²) in [5.41, 5.74) is 1.92. The molecule has 2 amide bonds. The van der Waals surface area contributed by atoms with Crippen LogP contribution in [0.1, 0.15) is 18.0 Å². The summed E-state index contributed by atoms with van der Waals surface area (Å²) in [7, 11) is 3.25. The molecule has 188 valence electrons. The van der Waals surface area contributed by atoms with Crippen LogP contribution in [0.4, 0.5) is 11.4 Å². The van der Waals surface area contributed by atoms with E-state index in [4.69, 9.17) is 4.74 Å². The lowest BCUT2D eigenvalue weighted by atomic mass is 9.85. The van der Waals surface area contributed by atoms with Gasteiger partial charge in [-0.3, -0.25) is 9.59 Å². The van der Waals surface area contributed by atoms with Gasteiger partial charge in [0.15, 0.2) is 5.09 Å². The van der Waals surface area contributed by atoms with Crippen molar-refractivity contribution in [3.05, 3.63) is 98.2 Å². The number of amides is 2. The van der Waals surface area contributed by atoms with E-state index < -0.39 is 17.7 Å². The molecule has 0 bridgehead atoms. The Balaban J connectivity index is 1.84. The zero-order valence-electron chi connectivity index (χ0n) is 20.0. The fourth-order valence-corrected chi connectivity index (χ4v) is 5.40. The lowest BCUT2D eigenvalue weighted by Gasteiger charge is -2.30. The van der Waals surface area contributed by atoms with Crippen LogP contribution in [-0.2, 0) is 21.4 Å². The van der Waals surface area contributed by atoms with E-state index in [1.807, 2.05) is 29.9 Å². The van der Waals surface area contributed by atoms with Crippen LogP contribution in [0.15, 0.2) is 92.5 Å². The van der Waals surface area contributed by atoms with Crippen molar-refractivity contribution in [3.8, 4) is 11.8 Å². The van der Waals surface area contributed by atoms with Gasteiger partial charge in [-0.15, -0.1) is 0 Å². The van der Waals surface area contributed by atoms with Crippen molar-refractivity contribution < 1.29 is 19.4 Å². The first-order valence-electron chi connectivity index (χ1n) is 11.2. The Bertz CT molecular complexity index is 1450. The molecule has 37 heavy (non-hydrogen) atoms. The van der Waals surface area contributed by atoms with Gasteiger partial charge in [-0.25, -0.2) is 0 Å². The molecule has 2 aromatic carbocycles. The van der Waals surface area contributed by atoms with Gasteiger partial charge >= 0.3 is 0 Å². The number of aromatic nitrogens is 1. The monoisotopic (exact) mass is 578 g/mol. The standard InChI is InChI=1S/C27H23BrN4O4S/c1-32-15-5-7-19(32)22-23(25(34)30-17-11-9-16(28)10-12-17)21(13-14-29)37-27(36-2)24(22)26(35)31-18-6-3-4-8-20(18)33/h3-12,15,22,33H,13H2,1-2H3,(H,30,34)(H,31,35)/t22-/m1/s1. The van der Waals surface area contributed by atoms with Gasteiger partial charge < -0.3 is 25.0 Å². The number of halogens is 1. The number of methoxy groups -OCH3 is 1. The van der Waals surface area contributed by atoms with Crippen molar-refractivity contribution in [1.82, 2.24) is 4.57 Å². The third-order valence-electron chi connectivity index (χ3n) is 5.76. The van der Waals surface area contributed by atoms with Gasteiger partial charge in [0, 0.05) is 39.6 Å². The highest BCUT2D eigenvalue weighted by atomic mass is 79.9. The molecule has 0 aliphatic carbocycles. The number of nitrogens with zero attached hydrogens (tertiary/aromatic N) is 2. The number of anilines is 2. The molecule has 1 aromatic heterocycles. The van der Waals surface area contributed by atoms with Crippen LogP contribution in [0.5, 0.6) is 5.75 Å². The highest BCUT2D eigenvalue weighted by Crippen LogP contribution is 2.49. The van der Waals surface area contributed by atoms with Crippen LogP contribution < -0.4 is 10.6 Å². The van der Waals surface area contributed by atoms with Gasteiger partial charge in [0.1, 0.15) is 5.75 Å². The van der Waals surface area contributed by atoms with E-state index in [2.05, 4.69) is 32.6 Å². The number of thioether (sulfide) groups is 1. The van der Waals surface area contributed by atoms with Gasteiger partial charge in [0.2, 0.25) is 0 Å². The Hall–Kier alpha value is -3.94. The molecule has 1 aliphatic rings. The Morgan fingerprint density at radius 1 is 1.08 bits per heavy atom. The van der Waals surface area contributed by atoms with Crippen LogP contribution in [-0.4, -0.2) is 28.6 Å². The Morgan fingerprint density at radius 2 is 1.78 bits per heavy atom. The number of rotatable bonds is 7. The maximum Gasteiger partial charge on any atom is 0.257 e. The van der Waals surface area contributed by atoms with E-state index in [1.165, 1.54) is 13.2 Å². The quantitative estimate of drug-likeness (QED) is 0.313. The molecule has 0 saturated carbocycles. The number of para-hydroxylation sites is 2. The summed E-state index contributed by atoms with van der Waals surface area (Å²) in [6, 6.07) is 19.2. The maximum absolute atomic E-state index is 13.8. The molecule has 1 aliphatic heterocycles. The molecule has 3 N–H and O–H groups in total. The second-order valence-electron chi connectivity index (χ2n) is 8.09. The first kappa shape index (κ1) is 26.1. The summed E-state index contributed by atoms with van der Waals surface area (Å²) in [4.78, 5) is 28.0. The van der Waals surface area contributed by atoms with Crippen LogP contribution in [0.3, 0.4) is 0 Å². The number of phenolic OH excluding ortho intramolecular Hbond substituents is 1. The topological polar surface area (TPSA) is 116 Å². The molecular weight excluding hydrogens is 556 g/mol. The van der Waals surface area contributed by atoms with Crippen molar-refractivity contribution in [2.45, 2.75) is 12.3 Å². The fraction of sp³-hybridized carbons (Fsp3) is 0.148. The number of ether oxygens (including phenoxy) is 1. The summed E-state index contributed by atoms with van der Waals surface area (Å²) in [5, 5.41) is 25.7. The van der Waals surface area contributed by atoms with Gasteiger partial charge in [-0.2, -0.15) is 5.26 Å². The number of nitrogens with one attached hydrogen (secondary N) is 2. The number of carbonyl (C=O) groups excluding carboxylic acids is 2. The summed E-state index contributed by atoms with van der Waals surface area (Å²) >= 11 is 4.46. The molecule has 0 saturated heterocycles. The molecule has 8 nitrogen and oxygen atoms in total. The Labute approximate surface area is 226 Å². The third-order valence-corrected chi connectivity index (χ3v) is 7.47. The zero-order chi connectivity index (χ0) is 26.5. The number of allylic oxidation sites excluding steroid dienone is 1. The van der Waals surface area contributed by atoms with E-state index >= 15 is 0 Å². The number of aryl methyl sites for hydroxylation is 1. The summed E-state index contributed by atoms with van der Waals surface area (Å²) in [6.07, 6.45) is 1.77. The average molecular weight is 579 g/mol. The van der Waals surface area contributed by atoms with E-state index in [9.17, 15) is 20.0 Å². The van der Waals surface area contributed by atoms with Crippen LogP contribution in [0.2, 0.25) is 0 Å². The molecule has 0 unspecified atom stereocenters. The van der Waals surface area contributed by atoms with Crippen molar-refractivity contribution in [2.24, 2.45) is 7.05 Å². The van der Waals surface area contributed by atoms with Crippen LogP contribution in [0.25, 0.3) is 0 Å². The third kappa shape index (κ3) is 5.58. The molecule has 0 spiro atoms. The number of benzene rings is 2. The van der Waals surface area contributed by atoms with Crippen molar-refractivity contribution in [3.63, 3.8) is 0 Å². The van der Waals surface area contributed by atoms with Gasteiger partial charge in [0.25, 0.3) is 11.8 Å². The van der Waals surface area contributed by atoms with Crippen molar-refractivity contribution in [2.75, 3.05) is 17.7 Å². The zero-order valence-corrected chi connectivity index (χ0v) is 22.4. The summed E-state index contributed by atoms with van der Waals surface area (Å²) < 4.78 is 8.31. The van der Waals surface area contributed by atoms with Gasteiger partial charge in [-0.1, -0.05) is 39.8 Å². The normalized spacial score (nSPS) is 15.2. The smallest absolute Gasteiger partial charge is 0.257 e. The SMILES string of the molecule is COC1=C(C(=O)Nc2ccccc2O)[C@H](c2cccn2C)C(C(=O)Nc2ccc(Br)cc2)=C(CC#N)S1. The minimum absolute atomic E-state index is 0.0457. The molecule has 1 atom stereocenters. The second-order valence-corrected chi connectivity index (χ2v) is 10.1. The largest absolute Gasteiger partial charge is 0.506 e. The lowest BCUT2D eigenvalue weighted by molar-refractivity contribution is -0.113. The van der Waals surface area contributed by atoms with E-state index in [-0.39, 0.29) is 34.1 Å². The van der Waals surface area contributed by atoms with Crippen LogP contribution in [0, 0.1) is 11.3 Å². The Kier molecular flexibility index (Phi) is 8.06. The number of hydrogen-bond acceptors (Lipinski definition) is 6.